The Labute approximate surface area is 139 Å². The predicted octanol–water partition coefficient (Wildman–Crippen LogP) is -0.898. The summed E-state index contributed by atoms with van der Waals surface area (Å²) >= 11 is 0. The first-order valence-electron chi connectivity index (χ1n) is 7.20. The molecule has 126 valence electrons. The molecule has 0 aliphatic rings. The minimum absolute atomic E-state index is 0. The number of rotatable bonds is 7. The molecule has 0 spiro atoms. The smallest absolute Gasteiger partial charge is 0.258 e. The standard InChI is InChI=1S/C16H26N2O3.ClH/c1-6-20-14-9-12(10-17-5)7-8-13(14)21-11-15(19)18-16(2,3)4;/h7-9,17H,6,10-11H2,1-5H3,(H,18,19);1H/p-1. The molecule has 0 radical (unpaired) electrons. The van der Waals surface area contributed by atoms with Crippen LogP contribution in [0.2, 0.25) is 0 Å². The average molecular weight is 330 g/mol. The van der Waals surface area contributed by atoms with Crippen LogP contribution < -0.4 is 32.5 Å². The zero-order valence-electron chi connectivity index (χ0n) is 14.0. The Bertz CT molecular complexity index is 473. The minimum atomic E-state index is -0.264. The second-order valence-electron chi connectivity index (χ2n) is 5.83. The molecule has 22 heavy (non-hydrogen) atoms. The van der Waals surface area contributed by atoms with Crippen molar-refractivity contribution < 1.29 is 26.7 Å². The van der Waals surface area contributed by atoms with Crippen LogP contribution in [0.5, 0.6) is 11.5 Å². The maximum Gasteiger partial charge on any atom is 0.258 e. The molecular formula is C16H26ClN2O3-. The van der Waals surface area contributed by atoms with Crippen molar-refractivity contribution in [2.24, 2.45) is 0 Å². The summed E-state index contributed by atoms with van der Waals surface area (Å²) in [5.74, 6) is 1.10. The number of amides is 1. The number of ether oxygens (including phenoxy) is 2. The number of nitrogens with one attached hydrogen (secondary N) is 2. The van der Waals surface area contributed by atoms with Crippen LogP contribution in [0, 0.1) is 0 Å². The molecule has 6 heteroatoms. The van der Waals surface area contributed by atoms with E-state index in [1.807, 2.05) is 52.9 Å². The molecule has 0 aliphatic heterocycles. The van der Waals surface area contributed by atoms with E-state index in [1.165, 1.54) is 0 Å². The van der Waals surface area contributed by atoms with Gasteiger partial charge in [-0.25, -0.2) is 0 Å². The number of carbonyl (C=O) groups is 1. The van der Waals surface area contributed by atoms with Crippen molar-refractivity contribution in [3.63, 3.8) is 0 Å². The molecule has 1 aromatic rings. The Hall–Kier alpha value is -1.46. The van der Waals surface area contributed by atoms with Gasteiger partial charge in [0.2, 0.25) is 0 Å². The second-order valence-corrected chi connectivity index (χ2v) is 5.83. The van der Waals surface area contributed by atoms with Gasteiger partial charge in [0.1, 0.15) is 0 Å². The summed E-state index contributed by atoms with van der Waals surface area (Å²) in [5.41, 5.74) is 0.840. The van der Waals surface area contributed by atoms with Gasteiger partial charge in [-0.05, 0) is 52.4 Å². The van der Waals surface area contributed by atoms with Gasteiger partial charge in [0, 0.05) is 12.1 Å². The Morgan fingerprint density at radius 3 is 2.41 bits per heavy atom. The quantitative estimate of drug-likeness (QED) is 0.681. The van der Waals surface area contributed by atoms with Gasteiger partial charge in [0.05, 0.1) is 6.61 Å². The SMILES string of the molecule is CCOc1cc(CNC)ccc1OCC(=O)NC(C)(C)C.[Cl-]. The van der Waals surface area contributed by atoms with E-state index in [4.69, 9.17) is 9.47 Å². The molecule has 0 aromatic heterocycles. The number of hydrogen-bond donors (Lipinski definition) is 2. The lowest BCUT2D eigenvalue weighted by molar-refractivity contribution is -0.124. The van der Waals surface area contributed by atoms with Crippen LogP contribution in [0.25, 0.3) is 0 Å². The van der Waals surface area contributed by atoms with Crippen molar-refractivity contribution in [2.75, 3.05) is 20.3 Å². The molecule has 1 aromatic carbocycles. The Balaban J connectivity index is 0.00000441. The van der Waals surface area contributed by atoms with Crippen molar-refractivity contribution in [1.82, 2.24) is 10.6 Å². The first-order valence-corrected chi connectivity index (χ1v) is 7.20. The lowest BCUT2D eigenvalue weighted by Crippen LogP contribution is -3.00. The number of benzene rings is 1. The largest absolute Gasteiger partial charge is 1.00 e. The van der Waals surface area contributed by atoms with E-state index in [-0.39, 0.29) is 30.5 Å². The molecule has 5 nitrogen and oxygen atoms in total. The van der Waals surface area contributed by atoms with Crippen LogP contribution >= 0.6 is 0 Å². The molecule has 0 heterocycles. The van der Waals surface area contributed by atoms with Crippen LogP contribution in [0.4, 0.5) is 0 Å². The summed E-state index contributed by atoms with van der Waals surface area (Å²) in [6, 6.07) is 5.72. The van der Waals surface area contributed by atoms with Gasteiger partial charge in [-0.2, -0.15) is 0 Å². The Kier molecular flexibility index (Phi) is 8.90. The first kappa shape index (κ1) is 20.5. The average Bonchev–Trinajstić information content (AvgIpc) is 2.36. The van der Waals surface area contributed by atoms with E-state index in [9.17, 15) is 4.79 Å². The molecule has 0 saturated carbocycles. The fourth-order valence-corrected chi connectivity index (χ4v) is 1.85. The summed E-state index contributed by atoms with van der Waals surface area (Å²) in [7, 11) is 1.89. The fraction of sp³-hybridized carbons (Fsp3) is 0.562. The van der Waals surface area contributed by atoms with Gasteiger partial charge in [-0.3, -0.25) is 4.79 Å². The highest BCUT2D eigenvalue weighted by Gasteiger charge is 2.15. The van der Waals surface area contributed by atoms with E-state index in [2.05, 4.69) is 10.6 Å². The van der Waals surface area contributed by atoms with Crippen molar-refractivity contribution in [2.45, 2.75) is 39.8 Å². The predicted molar refractivity (Wildman–Crippen MR) is 83.8 cm³/mol. The highest BCUT2D eigenvalue weighted by molar-refractivity contribution is 5.78. The van der Waals surface area contributed by atoms with Crippen molar-refractivity contribution in [1.29, 1.82) is 0 Å². The summed E-state index contributed by atoms with van der Waals surface area (Å²) in [5, 5.41) is 5.95. The Morgan fingerprint density at radius 2 is 1.86 bits per heavy atom. The van der Waals surface area contributed by atoms with E-state index in [0.717, 1.165) is 12.1 Å². The number of hydrogen-bond acceptors (Lipinski definition) is 4. The van der Waals surface area contributed by atoms with Crippen LogP contribution in [0.1, 0.15) is 33.3 Å². The van der Waals surface area contributed by atoms with E-state index in [1.54, 1.807) is 0 Å². The number of carbonyl (C=O) groups excluding carboxylic acids is 1. The van der Waals surface area contributed by atoms with Gasteiger partial charge < -0.3 is 32.5 Å². The summed E-state index contributed by atoms with van der Waals surface area (Å²) in [6.45, 7) is 9.00. The topological polar surface area (TPSA) is 59.6 Å². The van der Waals surface area contributed by atoms with Gasteiger partial charge in [-0.15, -0.1) is 0 Å². The van der Waals surface area contributed by atoms with E-state index >= 15 is 0 Å². The lowest BCUT2D eigenvalue weighted by Gasteiger charge is -2.21. The lowest BCUT2D eigenvalue weighted by atomic mass is 10.1. The maximum atomic E-state index is 11.8. The summed E-state index contributed by atoms with van der Waals surface area (Å²) in [6.07, 6.45) is 0. The van der Waals surface area contributed by atoms with Crippen molar-refractivity contribution in [3.05, 3.63) is 23.8 Å². The molecule has 0 unspecified atom stereocenters. The number of halogens is 1. The van der Waals surface area contributed by atoms with Crippen molar-refractivity contribution in [3.8, 4) is 11.5 Å². The molecule has 0 bridgehead atoms. The monoisotopic (exact) mass is 329 g/mol. The zero-order chi connectivity index (χ0) is 15.9. The second kappa shape index (κ2) is 9.54. The van der Waals surface area contributed by atoms with E-state index in [0.29, 0.717) is 18.1 Å². The molecule has 0 atom stereocenters. The molecule has 2 N–H and O–H groups in total. The third kappa shape index (κ3) is 7.52. The van der Waals surface area contributed by atoms with Gasteiger partial charge in [0.15, 0.2) is 18.1 Å². The van der Waals surface area contributed by atoms with Crippen LogP contribution in [-0.4, -0.2) is 31.7 Å². The van der Waals surface area contributed by atoms with Crippen molar-refractivity contribution >= 4 is 5.91 Å². The highest BCUT2D eigenvalue weighted by atomic mass is 35.5. The van der Waals surface area contributed by atoms with Crippen LogP contribution in [0.15, 0.2) is 18.2 Å². The molecule has 0 saturated heterocycles. The summed E-state index contributed by atoms with van der Waals surface area (Å²) < 4.78 is 11.1. The van der Waals surface area contributed by atoms with Crippen LogP contribution in [0.3, 0.4) is 0 Å². The maximum absolute atomic E-state index is 11.8. The normalized spacial score (nSPS) is 10.6. The van der Waals surface area contributed by atoms with Gasteiger partial charge in [0.25, 0.3) is 5.91 Å². The van der Waals surface area contributed by atoms with E-state index < -0.39 is 0 Å². The molecule has 0 aliphatic carbocycles. The molecule has 1 rings (SSSR count). The Morgan fingerprint density at radius 1 is 1.18 bits per heavy atom. The minimum Gasteiger partial charge on any atom is -1.00 e. The first-order chi connectivity index (χ1) is 9.85. The molecular weight excluding hydrogens is 304 g/mol. The molecule has 0 fully saturated rings. The summed E-state index contributed by atoms with van der Waals surface area (Å²) in [4.78, 5) is 11.8. The highest BCUT2D eigenvalue weighted by Crippen LogP contribution is 2.28. The van der Waals surface area contributed by atoms with Crippen LogP contribution in [-0.2, 0) is 11.3 Å². The zero-order valence-corrected chi connectivity index (χ0v) is 14.7. The molecule has 1 amide bonds. The third-order valence-electron chi connectivity index (χ3n) is 2.56. The van der Waals surface area contributed by atoms with Gasteiger partial charge in [-0.1, -0.05) is 6.07 Å². The fourth-order valence-electron chi connectivity index (χ4n) is 1.85. The van der Waals surface area contributed by atoms with Gasteiger partial charge >= 0.3 is 0 Å². The third-order valence-corrected chi connectivity index (χ3v) is 2.56.